The highest BCUT2D eigenvalue weighted by Crippen LogP contribution is 2.18. The highest BCUT2D eigenvalue weighted by atomic mass is 16.5. The molecule has 1 aliphatic rings. The lowest BCUT2D eigenvalue weighted by atomic mass is 10.0. The minimum atomic E-state index is -1.54. The Labute approximate surface area is 214 Å². The first kappa shape index (κ1) is 27.2. The number of carbonyl (C=O) groups excluding carboxylic acids is 4. The van der Waals surface area contributed by atoms with Crippen LogP contribution in [0.25, 0.3) is 0 Å². The Morgan fingerprint density at radius 3 is 2.38 bits per heavy atom. The second kappa shape index (κ2) is 13.1. The van der Waals surface area contributed by atoms with E-state index in [-0.39, 0.29) is 30.9 Å². The molecule has 196 valence electrons. The van der Waals surface area contributed by atoms with Crippen molar-refractivity contribution in [3.63, 3.8) is 0 Å². The summed E-state index contributed by atoms with van der Waals surface area (Å²) >= 11 is 0. The smallest absolute Gasteiger partial charge is 0.326 e. The number of benzene rings is 2. The summed E-state index contributed by atoms with van der Waals surface area (Å²) in [5, 5.41) is 19.8. The molecule has 1 heterocycles. The zero-order valence-electron chi connectivity index (χ0n) is 20.4. The first-order chi connectivity index (χ1) is 17.7. The van der Waals surface area contributed by atoms with Crippen LogP contribution < -0.4 is 26.0 Å². The van der Waals surface area contributed by atoms with Gasteiger partial charge in [-0.2, -0.15) is 0 Å². The van der Waals surface area contributed by atoms with E-state index in [2.05, 4.69) is 21.3 Å². The minimum Gasteiger partial charge on any atom is -0.493 e. The van der Waals surface area contributed by atoms with Crippen LogP contribution in [-0.2, 0) is 25.6 Å². The van der Waals surface area contributed by atoms with Crippen molar-refractivity contribution in [3.8, 4) is 5.75 Å². The van der Waals surface area contributed by atoms with Crippen LogP contribution in [-0.4, -0.2) is 66.0 Å². The molecule has 0 saturated carbocycles. The van der Waals surface area contributed by atoms with Gasteiger partial charge >= 0.3 is 5.97 Å². The van der Waals surface area contributed by atoms with Crippen molar-refractivity contribution in [2.24, 2.45) is 0 Å². The van der Waals surface area contributed by atoms with Crippen LogP contribution in [0.1, 0.15) is 35.7 Å². The Morgan fingerprint density at radius 1 is 0.946 bits per heavy atom. The molecule has 0 saturated heterocycles. The number of amides is 4. The largest absolute Gasteiger partial charge is 0.493 e. The molecule has 3 rings (SSSR count). The third-order valence-electron chi connectivity index (χ3n) is 5.69. The molecule has 0 aromatic heterocycles. The normalized spacial score (nSPS) is 22.0. The number of carboxylic acids is 1. The Balaban J connectivity index is 1.82. The van der Waals surface area contributed by atoms with Crippen molar-refractivity contribution in [2.45, 2.75) is 44.3 Å². The molecule has 2 aromatic carbocycles. The van der Waals surface area contributed by atoms with Crippen LogP contribution in [0, 0.1) is 0 Å². The van der Waals surface area contributed by atoms with E-state index in [1.807, 2.05) is 30.3 Å². The summed E-state index contributed by atoms with van der Waals surface area (Å²) in [5.74, 6) is -3.66. The summed E-state index contributed by atoms with van der Waals surface area (Å²) in [7, 11) is 0. The molecule has 1 aliphatic heterocycles. The number of hydrogen-bond donors (Lipinski definition) is 5. The van der Waals surface area contributed by atoms with Gasteiger partial charge in [0.25, 0.3) is 5.91 Å². The van der Waals surface area contributed by atoms with E-state index >= 15 is 0 Å². The molecule has 11 nitrogen and oxygen atoms in total. The summed E-state index contributed by atoms with van der Waals surface area (Å²) in [6.07, 6.45) is 0.0453. The zero-order valence-corrected chi connectivity index (χ0v) is 20.4. The molecule has 11 heteroatoms. The molecule has 0 spiro atoms. The lowest BCUT2D eigenvalue weighted by Gasteiger charge is -2.22. The second-order valence-electron chi connectivity index (χ2n) is 8.60. The Hall–Kier alpha value is -4.41. The fourth-order valence-corrected chi connectivity index (χ4v) is 3.71. The number of carboxylic acid groups (broad SMARTS) is 1. The molecular formula is C26H30N4O7. The van der Waals surface area contributed by atoms with Gasteiger partial charge in [-0.05, 0) is 31.0 Å². The van der Waals surface area contributed by atoms with Crippen molar-refractivity contribution < 1.29 is 33.8 Å². The fourth-order valence-electron chi connectivity index (χ4n) is 3.71. The van der Waals surface area contributed by atoms with Gasteiger partial charge in [0.15, 0.2) is 0 Å². The van der Waals surface area contributed by atoms with E-state index in [9.17, 15) is 29.1 Å². The Morgan fingerprint density at radius 2 is 1.65 bits per heavy atom. The average Bonchev–Trinajstić information content (AvgIpc) is 2.87. The maximum atomic E-state index is 12.9. The van der Waals surface area contributed by atoms with Crippen molar-refractivity contribution >= 4 is 29.6 Å². The monoisotopic (exact) mass is 510 g/mol. The SMILES string of the molecule is C[C@@H]1NC(=O)C[C@@H](C(=O)O)NC(=O)c2ccccc2OCCCNC(=O)C(Cc2ccccc2)NC1=O. The van der Waals surface area contributed by atoms with Crippen LogP contribution in [0.15, 0.2) is 54.6 Å². The van der Waals surface area contributed by atoms with E-state index in [0.29, 0.717) is 6.42 Å². The number of para-hydroxylation sites is 1. The third-order valence-corrected chi connectivity index (χ3v) is 5.69. The van der Waals surface area contributed by atoms with Gasteiger partial charge in [-0.1, -0.05) is 42.5 Å². The van der Waals surface area contributed by atoms with E-state index in [0.717, 1.165) is 5.56 Å². The Bertz CT molecular complexity index is 1140. The van der Waals surface area contributed by atoms with Crippen LogP contribution in [0.3, 0.4) is 0 Å². The number of hydrogen-bond acceptors (Lipinski definition) is 6. The first-order valence-corrected chi connectivity index (χ1v) is 11.9. The average molecular weight is 511 g/mol. The third kappa shape index (κ3) is 8.06. The maximum absolute atomic E-state index is 12.9. The summed E-state index contributed by atoms with van der Waals surface area (Å²) in [4.78, 5) is 62.7. The van der Waals surface area contributed by atoms with Gasteiger partial charge in [-0.25, -0.2) is 4.79 Å². The van der Waals surface area contributed by atoms with Crippen molar-refractivity contribution in [2.75, 3.05) is 13.2 Å². The maximum Gasteiger partial charge on any atom is 0.326 e. The molecule has 37 heavy (non-hydrogen) atoms. The number of ether oxygens (including phenoxy) is 1. The molecule has 4 amide bonds. The molecule has 3 atom stereocenters. The van der Waals surface area contributed by atoms with Crippen LogP contribution in [0.5, 0.6) is 5.75 Å². The number of carbonyl (C=O) groups is 5. The van der Waals surface area contributed by atoms with Gasteiger partial charge in [0.2, 0.25) is 17.7 Å². The quantitative estimate of drug-likeness (QED) is 0.399. The zero-order chi connectivity index (χ0) is 26.8. The molecule has 5 N–H and O–H groups in total. The second-order valence-corrected chi connectivity index (χ2v) is 8.60. The van der Waals surface area contributed by atoms with Gasteiger partial charge in [0.05, 0.1) is 18.6 Å². The summed E-state index contributed by atoms with van der Waals surface area (Å²) in [6, 6.07) is 12.0. The Kier molecular flexibility index (Phi) is 9.59. The predicted molar refractivity (Wildman–Crippen MR) is 133 cm³/mol. The van der Waals surface area contributed by atoms with Crippen LogP contribution in [0.2, 0.25) is 0 Å². The molecule has 2 aromatic rings. The van der Waals surface area contributed by atoms with E-state index in [4.69, 9.17) is 4.74 Å². The van der Waals surface area contributed by atoms with Gasteiger partial charge in [-0.15, -0.1) is 0 Å². The van der Waals surface area contributed by atoms with Gasteiger partial charge in [0.1, 0.15) is 23.9 Å². The summed E-state index contributed by atoms with van der Waals surface area (Å²) in [6.45, 7) is 1.84. The summed E-state index contributed by atoms with van der Waals surface area (Å²) < 4.78 is 5.70. The number of fused-ring (bicyclic) bond motifs is 1. The predicted octanol–water partition coefficient (Wildman–Crippen LogP) is 0.391. The molecular weight excluding hydrogens is 480 g/mol. The number of rotatable bonds is 3. The lowest BCUT2D eigenvalue weighted by molar-refractivity contribution is -0.141. The van der Waals surface area contributed by atoms with E-state index in [1.165, 1.54) is 13.0 Å². The number of nitrogens with one attached hydrogen (secondary N) is 4. The molecule has 0 bridgehead atoms. The molecule has 1 unspecified atom stereocenters. The van der Waals surface area contributed by atoms with Gasteiger partial charge < -0.3 is 31.1 Å². The lowest BCUT2D eigenvalue weighted by Crippen LogP contribution is -2.54. The fraction of sp³-hybridized carbons (Fsp3) is 0.346. The molecule has 0 aliphatic carbocycles. The topological polar surface area (TPSA) is 163 Å². The van der Waals surface area contributed by atoms with Crippen molar-refractivity contribution in [1.82, 2.24) is 21.3 Å². The van der Waals surface area contributed by atoms with Crippen molar-refractivity contribution in [1.29, 1.82) is 0 Å². The standard InChI is InChI=1S/C26H30N4O7/c1-16-23(32)29-19(14-17-8-3-2-4-9-17)25(34)27-12-7-13-37-21-11-6-5-10-18(21)24(33)30-20(26(35)36)15-22(31)28-16/h2-6,8-11,16,19-20H,7,12-15H2,1H3,(H,27,34)(H,28,31)(H,29,32)(H,30,33)(H,35,36)/t16-,19?,20-/m0/s1. The first-order valence-electron chi connectivity index (χ1n) is 11.9. The van der Waals surface area contributed by atoms with E-state index in [1.54, 1.807) is 18.2 Å². The van der Waals surface area contributed by atoms with E-state index < -0.39 is 54.1 Å². The highest BCUT2D eigenvalue weighted by Gasteiger charge is 2.28. The summed E-state index contributed by atoms with van der Waals surface area (Å²) in [5.41, 5.74) is 0.941. The van der Waals surface area contributed by atoms with Crippen LogP contribution in [0.4, 0.5) is 0 Å². The van der Waals surface area contributed by atoms with Gasteiger partial charge in [-0.3, -0.25) is 19.2 Å². The van der Waals surface area contributed by atoms with Crippen LogP contribution >= 0.6 is 0 Å². The molecule has 0 fully saturated rings. The highest BCUT2D eigenvalue weighted by molar-refractivity contribution is 6.00. The van der Waals surface area contributed by atoms with Crippen molar-refractivity contribution in [3.05, 3.63) is 65.7 Å². The van der Waals surface area contributed by atoms with Gasteiger partial charge in [0, 0.05) is 13.0 Å². The molecule has 0 radical (unpaired) electrons. The number of aliphatic carboxylic acids is 1. The minimum absolute atomic E-state index is 0.106.